The van der Waals surface area contributed by atoms with E-state index in [2.05, 4.69) is 20.5 Å². The van der Waals surface area contributed by atoms with E-state index in [1.54, 1.807) is 0 Å². The number of aromatic nitrogens is 4. The highest BCUT2D eigenvalue weighted by Gasteiger charge is 2.17. The van der Waals surface area contributed by atoms with Crippen molar-refractivity contribution >= 4 is 45.1 Å². The van der Waals surface area contributed by atoms with Gasteiger partial charge in [0.1, 0.15) is 5.58 Å². The average molecular weight is 448 g/mol. The van der Waals surface area contributed by atoms with Gasteiger partial charge in [-0.3, -0.25) is 4.79 Å². The second kappa shape index (κ2) is 8.37. The Bertz CT molecular complexity index is 1320. The van der Waals surface area contributed by atoms with E-state index in [1.165, 1.54) is 23.1 Å². The van der Waals surface area contributed by atoms with Gasteiger partial charge >= 0.3 is 0 Å². The molecule has 0 saturated heterocycles. The largest absolute Gasteiger partial charge is 0.453 e. The molecule has 9 heteroatoms. The molecule has 0 radical (unpaired) electrons. The van der Waals surface area contributed by atoms with Gasteiger partial charge in [0.15, 0.2) is 21.9 Å². The monoisotopic (exact) mass is 447 g/mol. The average Bonchev–Trinajstić information content (AvgIpc) is 3.51. The molecule has 0 aliphatic rings. The van der Waals surface area contributed by atoms with E-state index in [9.17, 15) is 4.79 Å². The summed E-state index contributed by atoms with van der Waals surface area (Å²) in [5.74, 6) is 1.31. The summed E-state index contributed by atoms with van der Waals surface area (Å²) in [5, 5.41) is 15.4. The van der Waals surface area contributed by atoms with Crippen molar-refractivity contribution in [2.24, 2.45) is 7.05 Å². The number of nitrogens with one attached hydrogen (secondary N) is 1. The van der Waals surface area contributed by atoms with Crippen molar-refractivity contribution in [3.63, 3.8) is 0 Å². The number of amides is 1. The summed E-state index contributed by atoms with van der Waals surface area (Å²) in [4.78, 5) is 16.9. The van der Waals surface area contributed by atoms with Crippen molar-refractivity contribution in [3.8, 4) is 22.8 Å². The number of rotatable bonds is 6. The Morgan fingerprint density at radius 1 is 1.13 bits per heavy atom. The molecule has 5 rings (SSSR count). The van der Waals surface area contributed by atoms with Crippen molar-refractivity contribution < 1.29 is 9.21 Å². The molecular weight excluding hydrogens is 430 g/mol. The minimum atomic E-state index is -0.146. The minimum Gasteiger partial charge on any atom is -0.453 e. The molecule has 3 heterocycles. The zero-order chi connectivity index (χ0) is 21.2. The van der Waals surface area contributed by atoms with E-state index in [0.717, 1.165) is 22.2 Å². The number of thioether (sulfide) groups is 1. The van der Waals surface area contributed by atoms with Crippen LogP contribution in [0.25, 0.3) is 33.8 Å². The summed E-state index contributed by atoms with van der Waals surface area (Å²) in [6.45, 7) is 0. The van der Waals surface area contributed by atoms with E-state index in [1.807, 2.05) is 77.7 Å². The highest BCUT2D eigenvalue weighted by atomic mass is 32.2. The first-order chi connectivity index (χ1) is 15.2. The first-order valence-electron chi connectivity index (χ1n) is 9.49. The van der Waals surface area contributed by atoms with Crippen LogP contribution in [-0.4, -0.2) is 31.4 Å². The third-order valence-electron chi connectivity index (χ3n) is 4.63. The zero-order valence-corrected chi connectivity index (χ0v) is 18.1. The lowest BCUT2D eigenvalue weighted by atomic mass is 10.2. The Hall–Kier alpha value is -3.43. The second-order valence-corrected chi connectivity index (χ2v) is 8.56. The molecule has 0 spiro atoms. The maximum atomic E-state index is 12.4. The Morgan fingerprint density at radius 3 is 2.77 bits per heavy atom. The number of para-hydroxylation sites is 1. The fraction of sp³-hybridized carbons (Fsp3) is 0.0909. The molecular formula is C22H17N5O2S2. The molecule has 31 heavy (non-hydrogen) atoms. The third kappa shape index (κ3) is 4.10. The number of fused-ring (bicyclic) bond motifs is 1. The van der Waals surface area contributed by atoms with Gasteiger partial charge in [0.25, 0.3) is 0 Å². The van der Waals surface area contributed by atoms with Gasteiger partial charge in [0.05, 0.1) is 11.4 Å². The molecule has 7 nitrogen and oxygen atoms in total. The quantitative estimate of drug-likeness (QED) is 0.365. The number of carbonyl (C=O) groups is 1. The summed E-state index contributed by atoms with van der Waals surface area (Å²) in [6.07, 6.45) is 0. The van der Waals surface area contributed by atoms with Gasteiger partial charge in [-0.2, -0.15) is 0 Å². The first kappa shape index (κ1) is 19.5. The molecule has 154 valence electrons. The Balaban J connectivity index is 1.23. The fourth-order valence-electron chi connectivity index (χ4n) is 3.11. The van der Waals surface area contributed by atoms with Crippen LogP contribution in [0.1, 0.15) is 0 Å². The van der Waals surface area contributed by atoms with Crippen LogP contribution in [0.15, 0.2) is 75.6 Å². The van der Waals surface area contributed by atoms with Gasteiger partial charge in [-0.05, 0) is 12.1 Å². The minimum absolute atomic E-state index is 0.146. The van der Waals surface area contributed by atoms with Crippen molar-refractivity contribution in [1.82, 2.24) is 19.7 Å². The van der Waals surface area contributed by atoms with Gasteiger partial charge in [-0.1, -0.05) is 60.3 Å². The van der Waals surface area contributed by atoms with Crippen LogP contribution in [0.4, 0.5) is 5.13 Å². The van der Waals surface area contributed by atoms with E-state index < -0.39 is 0 Å². The van der Waals surface area contributed by atoms with Crippen molar-refractivity contribution in [1.29, 1.82) is 0 Å². The SMILES string of the molecule is Cn1c(SCC(=O)Nc2nc(-c3ccccc3)cs2)nnc1-c1cc2ccccc2o1. The molecule has 1 N–H and O–H groups in total. The predicted octanol–water partition coefficient (Wildman–Crippen LogP) is 5.08. The lowest BCUT2D eigenvalue weighted by Gasteiger charge is -2.03. The molecule has 5 aromatic rings. The molecule has 0 aliphatic carbocycles. The van der Waals surface area contributed by atoms with Gasteiger partial charge in [-0.15, -0.1) is 21.5 Å². The third-order valence-corrected chi connectivity index (χ3v) is 6.41. The van der Waals surface area contributed by atoms with Crippen LogP contribution in [0.5, 0.6) is 0 Å². The van der Waals surface area contributed by atoms with Crippen LogP contribution < -0.4 is 5.32 Å². The second-order valence-electron chi connectivity index (χ2n) is 6.75. The van der Waals surface area contributed by atoms with Crippen LogP contribution in [0, 0.1) is 0 Å². The molecule has 2 aromatic carbocycles. The van der Waals surface area contributed by atoms with E-state index >= 15 is 0 Å². The van der Waals surface area contributed by atoms with Gasteiger partial charge in [0.2, 0.25) is 5.91 Å². The Morgan fingerprint density at radius 2 is 1.94 bits per heavy atom. The summed E-state index contributed by atoms with van der Waals surface area (Å²) >= 11 is 2.72. The fourth-order valence-corrected chi connectivity index (χ4v) is 4.55. The summed E-state index contributed by atoms with van der Waals surface area (Å²) < 4.78 is 7.70. The topological polar surface area (TPSA) is 85.8 Å². The lowest BCUT2D eigenvalue weighted by molar-refractivity contribution is -0.113. The van der Waals surface area contributed by atoms with Gasteiger partial charge < -0.3 is 14.3 Å². The van der Waals surface area contributed by atoms with E-state index in [4.69, 9.17) is 4.42 Å². The smallest absolute Gasteiger partial charge is 0.236 e. The molecule has 1 amide bonds. The van der Waals surface area contributed by atoms with Gasteiger partial charge in [0, 0.05) is 23.4 Å². The number of benzene rings is 2. The Kier molecular flexibility index (Phi) is 5.27. The van der Waals surface area contributed by atoms with E-state index in [0.29, 0.717) is 21.9 Å². The van der Waals surface area contributed by atoms with Crippen LogP contribution in [-0.2, 0) is 11.8 Å². The highest BCUT2D eigenvalue weighted by Crippen LogP contribution is 2.29. The number of anilines is 1. The molecule has 0 unspecified atom stereocenters. The van der Waals surface area contributed by atoms with Crippen molar-refractivity contribution in [3.05, 3.63) is 66.0 Å². The number of furan rings is 1. The lowest BCUT2D eigenvalue weighted by Crippen LogP contribution is -2.14. The summed E-state index contributed by atoms with van der Waals surface area (Å²) in [5.41, 5.74) is 2.66. The van der Waals surface area contributed by atoms with E-state index in [-0.39, 0.29) is 11.7 Å². The molecule has 0 saturated carbocycles. The number of hydrogen-bond donors (Lipinski definition) is 1. The molecule has 0 bridgehead atoms. The normalized spacial score (nSPS) is 11.1. The van der Waals surface area contributed by atoms with Crippen molar-refractivity contribution in [2.75, 3.05) is 11.1 Å². The number of hydrogen-bond acceptors (Lipinski definition) is 7. The highest BCUT2D eigenvalue weighted by molar-refractivity contribution is 7.99. The van der Waals surface area contributed by atoms with Crippen LogP contribution >= 0.6 is 23.1 Å². The maximum absolute atomic E-state index is 12.4. The van der Waals surface area contributed by atoms with Crippen LogP contribution in [0.2, 0.25) is 0 Å². The standard InChI is InChI=1S/C22H17N5O2S2/c1-27-20(18-11-15-9-5-6-10-17(15)29-18)25-26-22(27)31-13-19(28)24-21-23-16(12-30-21)14-7-3-2-4-8-14/h2-12H,13H2,1H3,(H,23,24,28). The van der Waals surface area contributed by atoms with Crippen molar-refractivity contribution in [2.45, 2.75) is 5.16 Å². The maximum Gasteiger partial charge on any atom is 0.236 e. The number of carbonyl (C=O) groups excluding carboxylic acids is 1. The molecule has 0 atom stereocenters. The first-order valence-corrected chi connectivity index (χ1v) is 11.4. The summed E-state index contributed by atoms with van der Waals surface area (Å²) in [6, 6.07) is 19.6. The molecule has 0 aliphatic heterocycles. The number of nitrogens with zero attached hydrogens (tertiary/aromatic N) is 4. The molecule has 3 aromatic heterocycles. The predicted molar refractivity (Wildman–Crippen MR) is 123 cm³/mol. The van der Waals surface area contributed by atoms with Crippen LogP contribution in [0.3, 0.4) is 0 Å². The molecule has 0 fully saturated rings. The Labute approximate surface area is 186 Å². The zero-order valence-electron chi connectivity index (χ0n) is 16.5. The summed E-state index contributed by atoms with van der Waals surface area (Å²) in [7, 11) is 1.86. The number of thiazole rings is 1. The van der Waals surface area contributed by atoms with Gasteiger partial charge in [-0.25, -0.2) is 4.98 Å².